The summed E-state index contributed by atoms with van der Waals surface area (Å²) < 4.78 is 0. The Hall–Kier alpha value is -1.53. The average Bonchev–Trinajstić information content (AvgIpc) is 2.76. The van der Waals surface area contributed by atoms with E-state index in [0.29, 0.717) is 0 Å². The molecule has 0 aliphatic rings. The van der Waals surface area contributed by atoms with Gasteiger partial charge in [0, 0.05) is 30.2 Å². The molecule has 2 heterocycles. The monoisotopic (exact) mass is 263 g/mol. The first-order valence-electron chi connectivity index (χ1n) is 5.76. The minimum absolute atomic E-state index is 0.766. The Morgan fingerprint density at radius 1 is 1.39 bits per heavy atom. The second-order valence-corrected chi connectivity index (χ2v) is 5.06. The van der Waals surface area contributed by atoms with Gasteiger partial charge < -0.3 is 10.2 Å². The number of nitrogens with one attached hydrogen (secondary N) is 1. The van der Waals surface area contributed by atoms with Crippen LogP contribution in [0, 0.1) is 6.92 Å². The van der Waals surface area contributed by atoms with Gasteiger partial charge in [-0.3, -0.25) is 0 Å². The van der Waals surface area contributed by atoms with Crippen molar-refractivity contribution in [2.45, 2.75) is 20.0 Å². The van der Waals surface area contributed by atoms with Gasteiger partial charge in [-0.2, -0.15) is 0 Å². The summed E-state index contributed by atoms with van der Waals surface area (Å²) in [5.74, 6) is 0.965. The van der Waals surface area contributed by atoms with Crippen LogP contribution >= 0.6 is 11.3 Å². The zero-order valence-corrected chi connectivity index (χ0v) is 11.7. The summed E-state index contributed by atoms with van der Waals surface area (Å²) in [7, 11) is 3.96. The van der Waals surface area contributed by atoms with Gasteiger partial charge in [-0.25, -0.2) is 15.0 Å². The van der Waals surface area contributed by atoms with Crippen molar-refractivity contribution in [1.29, 1.82) is 0 Å². The fraction of sp³-hybridized carbons (Fsp3) is 0.417. The second-order valence-electron chi connectivity index (χ2n) is 4.12. The highest BCUT2D eigenvalue weighted by Crippen LogP contribution is 2.20. The summed E-state index contributed by atoms with van der Waals surface area (Å²) in [6, 6.07) is 0. The molecule has 0 saturated heterocycles. The van der Waals surface area contributed by atoms with E-state index in [2.05, 4.69) is 25.2 Å². The maximum absolute atomic E-state index is 4.37. The van der Waals surface area contributed by atoms with Gasteiger partial charge in [-0.15, -0.1) is 11.3 Å². The van der Waals surface area contributed by atoms with Gasteiger partial charge in [0.15, 0.2) is 0 Å². The van der Waals surface area contributed by atoms with E-state index in [0.717, 1.165) is 30.2 Å². The van der Waals surface area contributed by atoms with E-state index in [9.17, 15) is 0 Å². The van der Waals surface area contributed by atoms with Crippen molar-refractivity contribution in [3.63, 3.8) is 0 Å². The molecule has 18 heavy (non-hydrogen) atoms. The number of rotatable bonds is 5. The maximum atomic E-state index is 4.37. The van der Waals surface area contributed by atoms with Crippen molar-refractivity contribution < 1.29 is 0 Å². The highest BCUT2D eigenvalue weighted by Gasteiger charge is 2.11. The second kappa shape index (κ2) is 5.88. The predicted molar refractivity (Wildman–Crippen MR) is 73.8 cm³/mol. The van der Waals surface area contributed by atoms with Crippen LogP contribution in [0.5, 0.6) is 0 Å². The molecule has 5 nitrogen and oxygen atoms in total. The van der Waals surface area contributed by atoms with E-state index in [4.69, 9.17) is 0 Å². The number of aromatic nitrogens is 3. The van der Waals surface area contributed by atoms with Crippen LogP contribution in [0.3, 0.4) is 0 Å². The number of hydrogen-bond donors (Lipinski definition) is 1. The van der Waals surface area contributed by atoms with Crippen molar-refractivity contribution in [3.05, 3.63) is 34.2 Å². The van der Waals surface area contributed by atoms with Crippen molar-refractivity contribution in [2.24, 2.45) is 0 Å². The number of nitrogens with zero attached hydrogens (tertiary/aromatic N) is 4. The highest BCUT2D eigenvalue weighted by atomic mass is 32.1. The van der Waals surface area contributed by atoms with Gasteiger partial charge in [-0.05, 0) is 14.0 Å². The first-order valence-corrected chi connectivity index (χ1v) is 6.64. The first kappa shape index (κ1) is 12.9. The van der Waals surface area contributed by atoms with E-state index >= 15 is 0 Å². The minimum Gasteiger partial charge on any atom is -0.354 e. The van der Waals surface area contributed by atoms with Crippen LogP contribution in [0.25, 0.3) is 0 Å². The largest absolute Gasteiger partial charge is 0.354 e. The summed E-state index contributed by atoms with van der Waals surface area (Å²) in [4.78, 5) is 16.1. The molecule has 0 fully saturated rings. The molecule has 96 valence electrons. The molecular weight excluding hydrogens is 246 g/mol. The van der Waals surface area contributed by atoms with Crippen LogP contribution < -0.4 is 10.2 Å². The zero-order valence-electron chi connectivity index (χ0n) is 10.8. The smallest absolute Gasteiger partial charge is 0.136 e. The van der Waals surface area contributed by atoms with E-state index in [-0.39, 0.29) is 0 Å². The molecule has 0 amide bonds. The lowest BCUT2D eigenvalue weighted by molar-refractivity contribution is 0.788. The summed E-state index contributed by atoms with van der Waals surface area (Å²) in [6.45, 7) is 3.63. The first-order chi connectivity index (χ1) is 8.72. The van der Waals surface area contributed by atoms with Crippen LogP contribution in [0.1, 0.15) is 16.1 Å². The molecule has 2 rings (SSSR count). The van der Waals surface area contributed by atoms with Gasteiger partial charge >= 0.3 is 0 Å². The van der Waals surface area contributed by atoms with Gasteiger partial charge in [0.1, 0.15) is 12.1 Å². The highest BCUT2D eigenvalue weighted by molar-refractivity contribution is 7.09. The molecule has 0 aliphatic carbocycles. The summed E-state index contributed by atoms with van der Waals surface area (Å²) in [5, 5.41) is 3.13. The van der Waals surface area contributed by atoms with Gasteiger partial charge in [0.25, 0.3) is 0 Å². The zero-order chi connectivity index (χ0) is 13.0. The Labute approximate surface area is 111 Å². The Balaban J connectivity index is 2.18. The predicted octanol–water partition coefficient (Wildman–Crippen LogP) is 1.60. The van der Waals surface area contributed by atoms with Crippen LogP contribution in [0.15, 0.2) is 18.0 Å². The Morgan fingerprint density at radius 2 is 2.22 bits per heavy atom. The van der Waals surface area contributed by atoms with E-state index in [1.54, 1.807) is 17.7 Å². The van der Waals surface area contributed by atoms with E-state index in [1.165, 1.54) is 4.88 Å². The molecule has 0 bridgehead atoms. The number of anilines is 1. The summed E-state index contributed by atoms with van der Waals surface area (Å²) in [6.07, 6.45) is 3.44. The molecule has 0 spiro atoms. The molecule has 0 aliphatic heterocycles. The Morgan fingerprint density at radius 3 is 2.89 bits per heavy atom. The minimum atomic E-state index is 0.766. The summed E-state index contributed by atoms with van der Waals surface area (Å²) in [5.41, 5.74) is 4.08. The van der Waals surface area contributed by atoms with Gasteiger partial charge in [0.2, 0.25) is 0 Å². The van der Waals surface area contributed by atoms with Crippen molar-refractivity contribution in [1.82, 2.24) is 20.3 Å². The van der Waals surface area contributed by atoms with Gasteiger partial charge in [-0.1, -0.05) is 0 Å². The quantitative estimate of drug-likeness (QED) is 0.888. The van der Waals surface area contributed by atoms with Crippen LogP contribution in [-0.2, 0) is 13.1 Å². The third-order valence-corrected chi connectivity index (χ3v) is 3.64. The van der Waals surface area contributed by atoms with E-state index in [1.807, 2.05) is 32.7 Å². The fourth-order valence-electron chi connectivity index (χ4n) is 1.78. The number of hydrogen-bond acceptors (Lipinski definition) is 6. The third kappa shape index (κ3) is 2.83. The Kier molecular flexibility index (Phi) is 4.22. The van der Waals surface area contributed by atoms with Crippen LogP contribution in [0.4, 0.5) is 5.82 Å². The maximum Gasteiger partial charge on any atom is 0.136 e. The lowest BCUT2D eigenvalue weighted by Crippen LogP contribution is -2.21. The van der Waals surface area contributed by atoms with Gasteiger partial charge in [0.05, 0.1) is 17.7 Å². The molecule has 1 N–H and O–H groups in total. The SMILES string of the molecule is CNCc1cncnc1N(C)Cc1scnc1C. The molecule has 0 aromatic carbocycles. The third-order valence-electron chi connectivity index (χ3n) is 2.72. The topological polar surface area (TPSA) is 53.9 Å². The lowest BCUT2D eigenvalue weighted by atomic mass is 10.2. The number of thiazole rings is 1. The van der Waals surface area contributed by atoms with Crippen molar-refractivity contribution in [3.8, 4) is 0 Å². The molecule has 6 heteroatoms. The lowest BCUT2D eigenvalue weighted by Gasteiger charge is -2.20. The fourth-order valence-corrected chi connectivity index (χ4v) is 2.61. The summed E-state index contributed by atoms with van der Waals surface area (Å²) >= 11 is 1.68. The molecule has 0 radical (unpaired) electrons. The van der Waals surface area contributed by atoms with Crippen molar-refractivity contribution >= 4 is 17.2 Å². The number of aryl methyl sites for hydroxylation is 1. The van der Waals surface area contributed by atoms with Crippen LogP contribution in [0.2, 0.25) is 0 Å². The van der Waals surface area contributed by atoms with Crippen molar-refractivity contribution in [2.75, 3.05) is 19.0 Å². The molecule has 0 unspecified atom stereocenters. The van der Waals surface area contributed by atoms with E-state index < -0.39 is 0 Å². The molecule has 0 saturated carbocycles. The standard InChI is InChI=1S/C12H17N5S/c1-9-11(18-8-16-9)6-17(3)12-10(4-13-2)5-14-7-15-12/h5,7-8,13H,4,6H2,1-3H3. The molecule has 2 aromatic rings. The molecule has 2 aromatic heterocycles. The Bertz CT molecular complexity index is 511. The average molecular weight is 263 g/mol. The molecule has 0 atom stereocenters. The van der Waals surface area contributed by atoms with Crippen LogP contribution in [-0.4, -0.2) is 29.0 Å². The normalized spacial score (nSPS) is 10.6. The molecular formula is C12H17N5S.